The quantitative estimate of drug-likeness (QED) is 0.372. The number of rotatable bonds is 8. The van der Waals surface area contributed by atoms with E-state index in [0.717, 1.165) is 17.4 Å². The van der Waals surface area contributed by atoms with Crippen LogP contribution < -0.4 is 0 Å². The van der Waals surface area contributed by atoms with E-state index in [2.05, 4.69) is 113 Å². The zero-order valence-electron chi connectivity index (χ0n) is 26.2. The Kier molecular flexibility index (Phi) is 9.85. The van der Waals surface area contributed by atoms with E-state index in [1.807, 2.05) is 0 Å². The molecule has 0 heterocycles. The minimum atomic E-state index is 0.240. The fourth-order valence-electron chi connectivity index (χ4n) is 7.61. The van der Waals surface area contributed by atoms with Crippen LogP contribution in [0.3, 0.4) is 0 Å². The Labute approximate surface area is 230 Å². The van der Waals surface area contributed by atoms with Gasteiger partial charge in [0.1, 0.15) is 5.75 Å². The van der Waals surface area contributed by atoms with Gasteiger partial charge in [-0.15, -0.1) is 0 Å². The number of phenols is 1. The molecule has 2 aliphatic carbocycles. The first-order valence-corrected chi connectivity index (χ1v) is 15.5. The molecule has 0 spiro atoms. The van der Waals surface area contributed by atoms with Gasteiger partial charge in [-0.3, -0.25) is 0 Å². The average Bonchev–Trinajstić information content (AvgIpc) is 2.82. The van der Waals surface area contributed by atoms with Gasteiger partial charge < -0.3 is 5.11 Å². The zero-order valence-corrected chi connectivity index (χ0v) is 26.2. The maximum Gasteiger partial charge on any atom is 0.122 e. The third-order valence-corrected chi connectivity index (χ3v) is 10.1. The molecule has 0 aliphatic heterocycles. The molecule has 1 fully saturated rings. The Morgan fingerprint density at radius 3 is 1.65 bits per heavy atom. The first kappa shape index (κ1) is 30.0. The molecule has 4 unspecified atom stereocenters. The monoisotopic (exact) mass is 506 g/mol. The Morgan fingerprint density at radius 2 is 1.22 bits per heavy atom. The standard InChI is InChI=1S/C36H58O/c1-20(2)26-16-30(22(5)6)34(31(17-26)23(7)8)28-14-13-15-29(36(28)37)35-32(24(9)10)18-27(21(3)4)19-33(35)25(11)12/h13-17,20-25,27,30,32-35,37H,18-19H2,1-12H3. The molecule has 0 radical (unpaired) electrons. The highest BCUT2D eigenvalue weighted by Gasteiger charge is 2.44. The third-order valence-electron chi connectivity index (χ3n) is 10.1. The number of hydrogen-bond acceptors (Lipinski definition) is 1. The van der Waals surface area contributed by atoms with Crippen LogP contribution in [0.4, 0.5) is 0 Å². The summed E-state index contributed by atoms with van der Waals surface area (Å²) in [7, 11) is 0. The molecule has 0 saturated heterocycles. The number of para-hydroxylation sites is 1. The van der Waals surface area contributed by atoms with Crippen LogP contribution in [0.5, 0.6) is 5.75 Å². The third kappa shape index (κ3) is 6.23. The van der Waals surface area contributed by atoms with Crippen molar-refractivity contribution in [3.8, 4) is 5.75 Å². The molecule has 1 nitrogen and oxygen atoms in total. The van der Waals surface area contributed by atoms with Crippen molar-refractivity contribution < 1.29 is 5.11 Å². The van der Waals surface area contributed by atoms with E-state index >= 15 is 0 Å². The van der Waals surface area contributed by atoms with E-state index in [9.17, 15) is 5.11 Å². The van der Waals surface area contributed by atoms with E-state index in [1.165, 1.54) is 29.6 Å². The predicted molar refractivity (Wildman–Crippen MR) is 162 cm³/mol. The van der Waals surface area contributed by atoms with E-state index in [0.29, 0.717) is 59.0 Å². The van der Waals surface area contributed by atoms with Crippen LogP contribution in [0.25, 0.3) is 0 Å². The summed E-state index contributed by atoms with van der Waals surface area (Å²) < 4.78 is 0. The van der Waals surface area contributed by atoms with Gasteiger partial charge in [-0.2, -0.15) is 0 Å². The van der Waals surface area contributed by atoms with Gasteiger partial charge in [0.15, 0.2) is 0 Å². The normalized spacial score (nSPS) is 29.1. The van der Waals surface area contributed by atoms with Crippen molar-refractivity contribution in [2.24, 2.45) is 59.2 Å². The lowest BCUT2D eigenvalue weighted by atomic mass is 9.57. The van der Waals surface area contributed by atoms with Crippen LogP contribution in [0.1, 0.15) is 119 Å². The fourth-order valence-corrected chi connectivity index (χ4v) is 7.61. The molecular formula is C36H58O. The molecule has 0 aromatic heterocycles. The van der Waals surface area contributed by atoms with Crippen LogP contribution in [-0.4, -0.2) is 5.11 Å². The van der Waals surface area contributed by atoms with Crippen molar-refractivity contribution in [1.29, 1.82) is 0 Å². The second kappa shape index (κ2) is 12.1. The van der Waals surface area contributed by atoms with E-state index in [1.54, 1.807) is 0 Å². The summed E-state index contributed by atoms with van der Waals surface area (Å²) in [6, 6.07) is 6.76. The zero-order chi connectivity index (χ0) is 27.8. The van der Waals surface area contributed by atoms with Gasteiger partial charge in [0, 0.05) is 11.5 Å². The number of hydrogen-bond donors (Lipinski definition) is 1. The van der Waals surface area contributed by atoms with Crippen molar-refractivity contribution in [3.63, 3.8) is 0 Å². The maximum atomic E-state index is 12.2. The van der Waals surface area contributed by atoms with E-state index < -0.39 is 0 Å². The second-order valence-electron chi connectivity index (χ2n) is 14.5. The highest BCUT2D eigenvalue weighted by atomic mass is 16.3. The number of aromatic hydroxyl groups is 1. The molecular weight excluding hydrogens is 448 g/mol. The van der Waals surface area contributed by atoms with Crippen LogP contribution in [0.15, 0.2) is 41.5 Å². The molecule has 0 bridgehead atoms. The number of benzene rings is 1. The summed E-state index contributed by atoms with van der Waals surface area (Å²) in [6.07, 6.45) is 7.55. The molecule has 208 valence electrons. The van der Waals surface area contributed by atoms with Crippen LogP contribution in [-0.2, 0) is 0 Å². The van der Waals surface area contributed by atoms with Crippen molar-refractivity contribution >= 4 is 0 Å². The topological polar surface area (TPSA) is 20.2 Å². The first-order chi connectivity index (χ1) is 17.3. The van der Waals surface area contributed by atoms with Crippen molar-refractivity contribution in [3.05, 3.63) is 52.6 Å². The molecule has 1 aromatic carbocycles. The summed E-state index contributed by atoms with van der Waals surface area (Å²) >= 11 is 0. The molecule has 0 amide bonds. The molecule has 37 heavy (non-hydrogen) atoms. The average molecular weight is 507 g/mol. The van der Waals surface area contributed by atoms with Crippen LogP contribution in [0, 0.1) is 59.2 Å². The Balaban J connectivity index is 2.17. The molecule has 1 aromatic rings. The van der Waals surface area contributed by atoms with Crippen molar-refractivity contribution in [1.82, 2.24) is 0 Å². The van der Waals surface area contributed by atoms with E-state index in [4.69, 9.17) is 0 Å². The fraction of sp³-hybridized carbons (Fsp3) is 0.722. The lowest BCUT2D eigenvalue weighted by molar-refractivity contribution is 0.0721. The summed E-state index contributed by atoms with van der Waals surface area (Å²) in [6.45, 7) is 28.4. The number of phenolic OH excluding ortho intramolecular Hbond substituents is 1. The van der Waals surface area contributed by atoms with Crippen LogP contribution in [0.2, 0.25) is 0 Å². The molecule has 4 atom stereocenters. The summed E-state index contributed by atoms with van der Waals surface area (Å²) in [5.41, 5.74) is 5.33. The largest absolute Gasteiger partial charge is 0.507 e. The van der Waals surface area contributed by atoms with Gasteiger partial charge in [0.25, 0.3) is 0 Å². The minimum absolute atomic E-state index is 0.240. The summed E-state index contributed by atoms with van der Waals surface area (Å²) in [5.74, 6) is 7.06. The first-order valence-electron chi connectivity index (χ1n) is 15.5. The number of allylic oxidation sites excluding steroid dienone is 4. The Bertz CT molecular complexity index is 939. The van der Waals surface area contributed by atoms with Crippen molar-refractivity contribution in [2.75, 3.05) is 0 Å². The highest BCUT2D eigenvalue weighted by molar-refractivity contribution is 5.51. The Morgan fingerprint density at radius 1 is 0.676 bits per heavy atom. The smallest absolute Gasteiger partial charge is 0.122 e. The second-order valence-corrected chi connectivity index (χ2v) is 14.5. The van der Waals surface area contributed by atoms with Gasteiger partial charge in [-0.1, -0.05) is 119 Å². The SMILES string of the molecule is CC(C)C1=CC(C(C)C)C(c2cccc(C3C(C(C)C)CC(C(C)C)CC3C(C)C)c2O)C(C(C)C)=C1. The summed E-state index contributed by atoms with van der Waals surface area (Å²) in [4.78, 5) is 0. The maximum absolute atomic E-state index is 12.2. The molecule has 1 heteroatoms. The molecule has 2 aliphatic rings. The molecule has 1 saturated carbocycles. The van der Waals surface area contributed by atoms with Gasteiger partial charge in [0.2, 0.25) is 0 Å². The van der Waals surface area contributed by atoms with E-state index in [-0.39, 0.29) is 5.92 Å². The lowest BCUT2D eigenvalue weighted by Crippen LogP contribution is -2.38. The molecule has 1 N–H and O–H groups in total. The van der Waals surface area contributed by atoms with Gasteiger partial charge >= 0.3 is 0 Å². The molecule has 3 rings (SSSR count). The minimum Gasteiger partial charge on any atom is -0.507 e. The highest BCUT2D eigenvalue weighted by Crippen LogP contribution is 2.55. The van der Waals surface area contributed by atoms with Crippen molar-refractivity contribution in [2.45, 2.75) is 108 Å². The Hall–Kier alpha value is -1.50. The van der Waals surface area contributed by atoms with Gasteiger partial charge in [-0.25, -0.2) is 0 Å². The predicted octanol–water partition coefficient (Wildman–Crippen LogP) is 10.6. The lowest BCUT2D eigenvalue weighted by Gasteiger charge is -2.47. The van der Waals surface area contributed by atoms with Crippen LogP contribution >= 0.6 is 0 Å². The summed E-state index contributed by atoms with van der Waals surface area (Å²) in [5, 5.41) is 12.2. The van der Waals surface area contributed by atoms with Gasteiger partial charge in [-0.05, 0) is 89.1 Å². The van der Waals surface area contributed by atoms with Gasteiger partial charge in [0.05, 0.1) is 0 Å².